The van der Waals surface area contributed by atoms with Gasteiger partial charge in [-0.2, -0.15) is 5.10 Å². The Morgan fingerprint density at radius 3 is 2.76 bits per heavy atom. The number of nitrogens with zero attached hydrogens (tertiary/aromatic N) is 2. The van der Waals surface area contributed by atoms with Crippen molar-refractivity contribution in [3.8, 4) is 0 Å². The highest BCUT2D eigenvalue weighted by atomic mass is 35.5. The number of aromatic nitrogens is 2. The molecule has 1 heterocycles. The van der Waals surface area contributed by atoms with Gasteiger partial charge in [-0.05, 0) is 24.3 Å². The maximum Gasteiger partial charge on any atom is 0.0625 e. The van der Waals surface area contributed by atoms with Crippen molar-refractivity contribution >= 4 is 29.1 Å². The van der Waals surface area contributed by atoms with Gasteiger partial charge in [-0.15, -0.1) is 11.8 Å². The van der Waals surface area contributed by atoms with Crippen LogP contribution in [0.25, 0.3) is 0 Å². The van der Waals surface area contributed by atoms with Crippen LogP contribution in [-0.2, 0) is 7.05 Å². The molecule has 1 aromatic heterocycles. The van der Waals surface area contributed by atoms with Crippen molar-refractivity contribution in [1.29, 1.82) is 0 Å². The first kappa shape index (κ1) is 12.3. The molecule has 0 aliphatic heterocycles. The van der Waals surface area contributed by atoms with E-state index in [9.17, 15) is 0 Å². The van der Waals surface area contributed by atoms with Gasteiger partial charge in [0, 0.05) is 41.1 Å². The van der Waals surface area contributed by atoms with Crippen molar-refractivity contribution in [2.75, 3.05) is 17.6 Å². The summed E-state index contributed by atoms with van der Waals surface area (Å²) in [6.45, 7) is 0.918. The van der Waals surface area contributed by atoms with Crippen molar-refractivity contribution in [3.05, 3.63) is 41.7 Å². The first-order valence-corrected chi connectivity index (χ1v) is 6.71. The second-order valence-corrected chi connectivity index (χ2v) is 5.24. The summed E-state index contributed by atoms with van der Waals surface area (Å²) < 4.78 is 1.81. The van der Waals surface area contributed by atoms with Crippen LogP contribution in [0.5, 0.6) is 0 Å². The molecule has 2 aromatic rings. The normalized spacial score (nSPS) is 10.5. The number of nitrogens with one attached hydrogen (secondary N) is 1. The second kappa shape index (κ2) is 5.98. The Morgan fingerprint density at radius 1 is 1.35 bits per heavy atom. The van der Waals surface area contributed by atoms with Crippen molar-refractivity contribution in [2.45, 2.75) is 4.90 Å². The predicted octanol–water partition coefficient (Wildman–Crippen LogP) is 3.28. The van der Waals surface area contributed by atoms with Crippen LogP contribution in [0.2, 0.25) is 5.02 Å². The molecule has 1 aromatic carbocycles. The molecule has 0 aliphatic carbocycles. The molecule has 0 radical (unpaired) electrons. The summed E-state index contributed by atoms with van der Waals surface area (Å²) in [6, 6.07) is 7.74. The van der Waals surface area contributed by atoms with Crippen molar-refractivity contribution < 1.29 is 0 Å². The molecule has 0 saturated carbocycles. The number of hydrogen-bond donors (Lipinski definition) is 1. The van der Waals surface area contributed by atoms with Crippen LogP contribution in [0.3, 0.4) is 0 Å². The minimum atomic E-state index is 0.764. The third-order valence-electron chi connectivity index (χ3n) is 2.23. The van der Waals surface area contributed by atoms with Crippen LogP contribution < -0.4 is 5.32 Å². The highest BCUT2D eigenvalue weighted by Crippen LogP contribution is 2.17. The third kappa shape index (κ3) is 3.98. The Hall–Kier alpha value is -1.13. The monoisotopic (exact) mass is 267 g/mol. The van der Waals surface area contributed by atoms with E-state index in [1.807, 2.05) is 48.4 Å². The summed E-state index contributed by atoms with van der Waals surface area (Å²) in [7, 11) is 1.93. The molecule has 0 spiro atoms. The minimum absolute atomic E-state index is 0.764. The maximum atomic E-state index is 5.81. The maximum absolute atomic E-state index is 5.81. The summed E-state index contributed by atoms with van der Waals surface area (Å²) in [4.78, 5) is 1.20. The van der Waals surface area contributed by atoms with E-state index < -0.39 is 0 Å². The zero-order valence-electron chi connectivity index (χ0n) is 9.56. The van der Waals surface area contributed by atoms with Crippen molar-refractivity contribution in [1.82, 2.24) is 9.78 Å². The van der Waals surface area contributed by atoms with Gasteiger partial charge in [0.1, 0.15) is 0 Å². The lowest BCUT2D eigenvalue weighted by molar-refractivity contribution is 0.766. The number of halogens is 1. The van der Waals surface area contributed by atoms with Crippen LogP contribution in [0.4, 0.5) is 5.69 Å². The van der Waals surface area contributed by atoms with Crippen LogP contribution in [0, 0.1) is 0 Å². The molecular formula is C12H14ClN3S. The van der Waals surface area contributed by atoms with E-state index in [2.05, 4.69) is 10.4 Å². The molecule has 0 atom stereocenters. The lowest BCUT2D eigenvalue weighted by atomic mass is 10.3. The summed E-state index contributed by atoms with van der Waals surface area (Å²) >= 11 is 7.61. The Morgan fingerprint density at radius 2 is 2.12 bits per heavy atom. The standard InChI is InChI=1S/C12H14ClN3S/c1-16-9-12(8-15-16)17-7-6-14-11-4-2-10(13)3-5-11/h2-5,8-9,14H,6-7H2,1H3. The van der Waals surface area contributed by atoms with Crippen LogP contribution in [0.15, 0.2) is 41.6 Å². The number of thioether (sulfide) groups is 1. The van der Waals surface area contributed by atoms with E-state index in [0.29, 0.717) is 0 Å². The average Bonchev–Trinajstić information content (AvgIpc) is 2.73. The zero-order valence-corrected chi connectivity index (χ0v) is 11.1. The Labute approximate surface area is 110 Å². The Kier molecular flexibility index (Phi) is 4.34. The predicted molar refractivity (Wildman–Crippen MR) is 73.9 cm³/mol. The lowest BCUT2D eigenvalue weighted by Crippen LogP contribution is -2.03. The van der Waals surface area contributed by atoms with Gasteiger partial charge < -0.3 is 5.32 Å². The Balaban J connectivity index is 1.71. The fourth-order valence-electron chi connectivity index (χ4n) is 1.41. The largest absolute Gasteiger partial charge is 0.384 e. The van der Waals surface area contributed by atoms with E-state index in [0.717, 1.165) is 23.0 Å². The molecule has 1 N–H and O–H groups in total. The van der Waals surface area contributed by atoms with Gasteiger partial charge in [0.05, 0.1) is 6.20 Å². The molecule has 17 heavy (non-hydrogen) atoms. The molecule has 0 fully saturated rings. The fraction of sp³-hybridized carbons (Fsp3) is 0.250. The topological polar surface area (TPSA) is 29.9 Å². The van der Waals surface area contributed by atoms with Crippen LogP contribution in [0.1, 0.15) is 0 Å². The third-order valence-corrected chi connectivity index (χ3v) is 3.43. The molecule has 0 saturated heterocycles. The SMILES string of the molecule is Cn1cc(SCCNc2ccc(Cl)cc2)cn1. The number of benzene rings is 1. The second-order valence-electron chi connectivity index (χ2n) is 3.63. The zero-order chi connectivity index (χ0) is 12.1. The van der Waals surface area contributed by atoms with E-state index in [1.165, 1.54) is 4.90 Å². The van der Waals surface area contributed by atoms with Crippen LogP contribution in [-0.4, -0.2) is 22.1 Å². The molecule has 90 valence electrons. The van der Waals surface area contributed by atoms with Crippen molar-refractivity contribution in [2.24, 2.45) is 7.05 Å². The fourth-order valence-corrected chi connectivity index (χ4v) is 2.32. The first-order chi connectivity index (χ1) is 8.24. The van der Waals surface area contributed by atoms with E-state index in [1.54, 1.807) is 11.8 Å². The van der Waals surface area contributed by atoms with Crippen LogP contribution >= 0.6 is 23.4 Å². The summed E-state index contributed by atoms with van der Waals surface area (Å²) in [5, 5.41) is 8.23. The number of anilines is 1. The average molecular weight is 268 g/mol. The quantitative estimate of drug-likeness (QED) is 0.666. The molecule has 3 nitrogen and oxygen atoms in total. The minimum Gasteiger partial charge on any atom is -0.384 e. The van der Waals surface area contributed by atoms with E-state index in [4.69, 9.17) is 11.6 Å². The molecular weight excluding hydrogens is 254 g/mol. The number of hydrogen-bond acceptors (Lipinski definition) is 3. The van der Waals surface area contributed by atoms with Gasteiger partial charge in [0.2, 0.25) is 0 Å². The van der Waals surface area contributed by atoms with E-state index in [-0.39, 0.29) is 0 Å². The molecule has 0 unspecified atom stereocenters. The van der Waals surface area contributed by atoms with Gasteiger partial charge in [0.15, 0.2) is 0 Å². The summed E-state index contributed by atoms with van der Waals surface area (Å²) in [6.07, 6.45) is 3.90. The smallest absolute Gasteiger partial charge is 0.0625 e. The first-order valence-electron chi connectivity index (χ1n) is 5.35. The molecule has 0 amide bonds. The highest BCUT2D eigenvalue weighted by Gasteiger charge is 1.97. The number of aryl methyl sites for hydroxylation is 1. The van der Waals surface area contributed by atoms with Gasteiger partial charge in [-0.25, -0.2) is 0 Å². The summed E-state index contributed by atoms with van der Waals surface area (Å²) in [5.41, 5.74) is 1.10. The van der Waals surface area contributed by atoms with Gasteiger partial charge in [0.25, 0.3) is 0 Å². The molecule has 5 heteroatoms. The van der Waals surface area contributed by atoms with Gasteiger partial charge >= 0.3 is 0 Å². The Bertz CT molecular complexity index is 467. The van der Waals surface area contributed by atoms with Gasteiger partial charge in [-0.3, -0.25) is 4.68 Å². The summed E-state index contributed by atoms with van der Waals surface area (Å²) in [5.74, 6) is 1.01. The van der Waals surface area contributed by atoms with Crippen molar-refractivity contribution in [3.63, 3.8) is 0 Å². The number of rotatable bonds is 5. The molecule has 0 aliphatic rings. The lowest BCUT2D eigenvalue weighted by Gasteiger charge is -2.05. The highest BCUT2D eigenvalue weighted by molar-refractivity contribution is 7.99. The van der Waals surface area contributed by atoms with Gasteiger partial charge in [-0.1, -0.05) is 11.6 Å². The van der Waals surface area contributed by atoms with E-state index >= 15 is 0 Å². The molecule has 0 bridgehead atoms. The molecule has 2 rings (SSSR count).